The minimum absolute atomic E-state index is 0.821. The second-order valence-electron chi connectivity index (χ2n) is 9.86. The van der Waals surface area contributed by atoms with Crippen LogP contribution >= 0.6 is 0 Å². The first kappa shape index (κ1) is 24.4. The molecule has 0 unspecified atom stereocenters. The molecule has 7 rings (SSSR count). The van der Waals surface area contributed by atoms with Gasteiger partial charge in [-0.05, 0) is 82.2 Å². The van der Waals surface area contributed by atoms with Crippen molar-refractivity contribution in [2.24, 2.45) is 0 Å². The molecule has 0 aliphatic rings. The number of nitrogens with one attached hydrogen (secondary N) is 1. The smallest absolute Gasteiger partial charge is 0.0900 e. The van der Waals surface area contributed by atoms with Gasteiger partial charge in [0, 0.05) is 29.2 Å². The summed E-state index contributed by atoms with van der Waals surface area (Å²) in [4.78, 5) is 14.0. The molecule has 0 atom stereocenters. The van der Waals surface area contributed by atoms with E-state index in [-0.39, 0.29) is 0 Å². The maximum absolute atomic E-state index is 4.89. The maximum Gasteiger partial charge on any atom is 0.0900 e. The van der Waals surface area contributed by atoms with E-state index in [0.717, 1.165) is 56.4 Å². The van der Waals surface area contributed by atoms with E-state index in [1.807, 2.05) is 36.4 Å². The summed E-state index contributed by atoms with van der Waals surface area (Å²) in [6.45, 7) is 0. The summed E-state index contributed by atoms with van der Waals surface area (Å²) in [5.41, 5.74) is 9.98. The predicted molar refractivity (Wildman–Crippen MR) is 169 cm³/mol. The second kappa shape index (κ2) is 10.9. The quantitative estimate of drug-likeness (QED) is 0.234. The summed E-state index contributed by atoms with van der Waals surface area (Å²) in [5, 5.41) is 6.01. The van der Waals surface area contributed by atoms with Crippen molar-refractivity contribution in [1.82, 2.24) is 15.0 Å². The van der Waals surface area contributed by atoms with E-state index in [1.54, 1.807) is 12.4 Å². The molecule has 4 nitrogen and oxygen atoms in total. The fraction of sp³-hybridized carbons (Fsp3) is 0. The number of rotatable bonds is 6. The van der Waals surface area contributed by atoms with E-state index < -0.39 is 0 Å². The van der Waals surface area contributed by atoms with Gasteiger partial charge in [-0.15, -0.1) is 0 Å². The predicted octanol–water partition coefficient (Wildman–Crippen LogP) is 9.44. The Balaban J connectivity index is 1.17. The van der Waals surface area contributed by atoms with Crippen molar-refractivity contribution in [2.45, 2.75) is 0 Å². The van der Waals surface area contributed by atoms with Crippen LogP contribution in [0.2, 0.25) is 0 Å². The van der Waals surface area contributed by atoms with Crippen LogP contribution in [0, 0.1) is 0 Å². The van der Waals surface area contributed by atoms with Crippen LogP contribution in [0.15, 0.2) is 152 Å². The maximum atomic E-state index is 4.89. The van der Waals surface area contributed by atoms with Gasteiger partial charge < -0.3 is 5.32 Å². The van der Waals surface area contributed by atoms with Gasteiger partial charge in [-0.3, -0.25) is 9.97 Å². The Bertz CT molecular complexity index is 1870. The molecular weight excluding hydrogens is 500 g/mol. The molecule has 0 aliphatic heterocycles. The normalized spacial score (nSPS) is 10.9. The van der Waals surface area contributed by atoms with E-state index >= 15 is 0 Å². The van der Waals surface area contributed by atoms with Gasteiger partial charge in [0.05, 0.1) is 22.8 Å². The Hall–Kier alpha value is -5.61. The third kappa shape index (κ3) is 5.19. The molecule has 0 aliphatic carbocycles. The SMILES string of the molecule is c1ccc(-c2cc(-c3ccc(-c4ccc(Nc5cccc6ccccc56)cc4)cc3)cc(-c3ccccn3)n2)nc1. The van der Waals surface area contributed by atoms with Crippen LogP contribution in [-0.2, 0) is 0 Å². The molecule has 41 heavy (non-hydrogen) atoms. The lowest BCUT2D eigenvalue weighted by Crippen LogP contribution is -1.94. The Morgan fingerprint density at radius 1 is 0.415 bits per heavy atom. The molecule has 4 heteroatoms. The van der Waals surface area contributed by atoms with Crippen molar-refractivity contribution < 1.29 is 0 Å². The van der Waals surface area contributed by atoms with Crippen molar-refractivity contribution in [2.75, 3.05) is 5.32 Å². The van der Waals surface area contributed by atoms with E-state index in [2.05, 4.69) is 118 Å². The second-order valence-corrected chi connectivity index (χ2v) is 9.86. The van der Waals surface area contributed by atoms with Crippen LogP contribution in [0.5, 0.6) is 0 Å². The highest BCUT2D eigenvalue weighted by Gasteiger charge is 2.11. The molecule has 0 fully saturated rings. The molecule has 0 bridgehead atoms. The van der Waals surface area contributed by atoms with Crippen molar-refractivity contribution >= 4 is 22.1 Å². The van der Waals surface area contributed by atoms with Crippen LogP contribution < -0.4 is 5.32 Å². The molecule has 0 spiro atoms. The third-order valence-corrected chi connectivity index (χ3v) is 7.19. The lowest BCUT2D eigenvalue weighted by Gasteiger charge is -2.12. The number of benzene rings is 4. The minimum Gasteiger partial charge on any atom is -0.355 e. The Morgan fingerprint density at radius 2 is 0.951 bits per heavy atom. The van der Waals surface area contributed by atoms with Crippen LogP contribution in [0.4, 0.5) is 11.4 Å². The number of nitrogens with zero attached hydrogens (tertiary/aromatic N) is 3. The fourth-order valence-corrected chi connectivity index (χ4v) is 5.08. The van der Waals surface area contributed by atoms with Gasteiger partial charge in [0.25, 0.3) is 0 Å². The molecule has 1 N–H and O–H groups in total. The Kier molecular flexibility index (Phi) is 6.48. The first-order valence-corrected chi connectivity index (χ1v) is 13.6. The molecule has 0 amide bonds. The van der Waals surface area contributed by atoms with Crippen LogP contribution in [0.1, 0.15) is 0 Å². The van der Waals surface area contributed by atoms with E-state index in [0.29, 0.717) is 0 Å². The highest BCUT2D eigenvalue weighted by atomic mass is 14.9. The van der Waals surface area contributed by atoms with Gasteiger partial charge in [0.1, 0.15) is 0 Å². The molecule has 3 aromatic heterocycles. The van der Waals surface area contributed by atoms with E-state index in [9.17, 15) is 0 Å². The van der Waals surface area contributed by atoms with Gasteiger partial charge in [-0.1, -0.05) is 84.9 Å². The third-order valence-electron chi connectivity index (χ3n) is 7.19. The molecule has 194 valence electrons. The number of hydrogen-bond donors (Lipinski definition) is 1. The van der Waals surface area contributed by atoms with E-state index in [1.165, 1.54) is 10.8 Å². The van der Waals surface area contributed by atoms with Crippen molar-refractivity contribution in [1.29, 1.82) is 0 Å². The minimum atomic E-state index is 0.821. The van der Waals surface area contributed by atoms with Gasteiger partial charge >= 0.3 is 0 Å². The van der Waals surface area contributed by atoms with Gasteiger partial charge in [0.15, 0.2) is 0 Å². The van der Waals surface area contributed by atoms with Crippen molar-refractivity contribution in [3.8, 4) is 45.0 Å². The highest BCUT2D eigenvalue weighted by molar-refractivity contribution is 5.95. The number of aromatic nitrogens is 3. The summed E-state index contributed by atoms with van der Waals surface area (Å²) in [7, 11) is 0. The zero-order chi connectivity index (χ0) is 27.4. The summed E-state index contributed by atoms with van der Waals surface area (Å²) in [5.74, 6) is 0. The standard InChI is InChI=1S/C37H26N4/c1-2-10-32-29(8-1)9-7-13-33(32)40-31-20-18-27(19-21-31)26-14-16-28(17-15-26)30-24-36(34-11-3-5-22-38-34)41-37(25-30)35-12-4-6-23-39-35/h1-25,40H. The molecule has 3 heterocycles. The molecule has 0 saturated heterocycles. The first-order valence-electron chi connectivity index (χ1n) is 13.6. The average molecular weight is 527 g/mol. The lowest BCUT2D eigenvalue weighted by atomic mass is 9.99. The number of pyridine rings is 3. The molecule has 7 aromatic rings. The highest BCUT2D eigenvalue weighted by Crippen LogP contribution is 2.32. The monoisotopic (exact) mass is 526 g/mol. The summed E-state index contributed by atoms with van der Waals surface area (Å²) < 4.78 is 0. The Labute approximate surface area is 239 Å². The van der Waals surface area contributed by atoms with Crippen molar-refractivity contribution in [3.63, 3.8) is 0 Å². The zero-order valence-electron chi connectivity index (χ0n) is 22.3. The molecule has 0 radical (unpaired) electrons. The Morgan fingerprint density at radius 3 is 1.56 bits per heavy atom. The number of hydrogen-bond acceptors (Lipinski definition) is 4. The van der Waals surface area contributed by atoms with Crippen LogP contribution in [-0.4, -0.2) is 15.0 Å². The van der Waals surface area contributed by atoms with Gasteiger partial charge in [-0.2, -0.15) is 0 Å². The average Bonchev–Trinajstić information content (AvgIpc) is 3.06. The number of anilines is 2. The summed E-state index contributed by atoms with van der Waals surface area (Å²) in [6, 6.07) is 48.0. The van der Waals surface area contributed by atoms with Crippen molar-refractivity contribution in [3.05, 3.63) is 152 Å². The summed E-state index contributed by atoms with van der Waals surface area (Å²) in [6.07, 6.45) is 3.59. The topological polar surface area (TPSA) is 50.7 Å². The van der Waals surface area contributed by atoms with Gasteiger partial charge in [0.2, 0.25) is 0 Å². The van der Waals surface area contributed by atoms with Crippen LogP contribution in [0.3, 0.4) is 0 Å². The fourth-order valence-electron chi connectivity index (χ4n) is 5.08. The summed E-state index contributed by atoms with van der Waals surface area (Å²) >= 11 is 0. The zero-order valence-corrected chi connectivity index (χ0v) is 22.3. The van der Waals surface area contributed by atoms with E-state index in [4.69, 9.17) is 4.98 Å². The molecule has 4 aromatic carbocycles. The van der Waals surface area contributed by atoms with Crippen LogP contribution in [0.25, 0.3) is 55.8 Å². The largest absolute Gasteiger partial charge is 0.355 e. The molecule has 0 saturated carbocycles. The number of fused-ring (bicyclic) bond motifs is 1. The van der Waals surface area contributed by atoms with Gasteiger partial charge in [-0.25, -0.2) is 4.98 Å². The molecular formula is C37H26N4. The first-order chi connectivity index (χ1) is 20.3. The lowest BCUT2D eigenvalue weighted by molar-refractivity contribution is 1.22.